The molecule has 0 radical (unpaired) electrons. The van der Waals surface area contributed by atoms with E-state index in [-0.39, 0.29) is 23.4 Å². The van der Waals surface area contributed by atoms with Crippen molar-refractivity contribution in [2.45, 2.75) is 6.92 Å². The number of halogens is 1. The van der Waals surface area contributed by atoms with E-state index in [1.807, 2.05) is 0 Å². The molecule has 3 rings (SSSR count). The summed E-state index contributed by atoms with van der Waals surface area (Å²) >= 11 is 5.76. The summed E-state index contributed by atoms with van der Waals surface area (Å²) in [6, 6.07) is 4.80. The van der Waals surface area contributed by atoms with Gasteiger partial charge < -0.3 is 14.7 Å². The zero-order valence-electron chi connectivity index (χ0n) is 11.7. The van der Waals surface area contributed by atoms with Crippen molar-refractivity contribution in [3.8, 4) is 0 Å². The fourth-order valence-corrected chi connectivity index (χ4v) is 2.34. The van der Waals surface area contributed by atoms with Crippen molar-refractivity contribution in [1.29, 1.82) is 0 Å². The van der Waals surface area contributed by atoms with E-state index in [2.05, 4.69) is 15.5 Å². The lowest BCUT2D eigenvalue weighted by atomic mass is 9.98. The van der Waals surface area contributed by atoms with Gasteiger partial charge in [0.05, 0.1) is 5.92 Å². The molecular formula is C14H13ClN4O3. The standard InChI is InChI=1S/C14H13ClN4O3/c1-8-4-11(18-22-8)14(21)19-6-9(7-19)13(20)17-10-2-3-16-12(15)5-10/h2-5,9H,6-7H2,1H3,(H,16,17,20). The minimum absolute atomic E-state index is 0.150. The van der Waals surface area contributed by atoms with Gasteiger partial charge in [-0.3, -0.25) is 9.59 Å². The summed E-state index contributed by atoms with van der Waals surface area (Å²) in [5.41, 5.74) is 0.846. The molecule has 0 atom stereocenters. The molecule has 1 aliphatic heterocycles. The Morgan fingerprint density at radius 3 is 2.82 bits per heavy atom. The Morgan fingerprint density at radius 1 is 1.41 bits per heavy atom. The molecule has 1 N–H and O–H groups in total. The largest absolute Gasteiger partial charge is 0.361 e. The van der Waals surface area contributed by atoms with Crippen molar-refractivity contribution in [1.82, 2.24) is 15.0 Å². The number of amides is 2. The lowest BCUT2D eigenvalue weighted by molar-refractivity contribution is -0.123. The van der Waals surface area contributed by atoms with E-state index in [0.29, 0.717) is 29.7 Å². The Kier molecular flexibility index (Phi) is 3.81. The van der Waals surface area contributed by atoms with E-state index in [4.69, 9.17) is 16.1 Å². The van der Waals surface area contributed by atoms with Crippen molar-refractivity contribution in [3.63, 3.8) is 0 Å². The molecule has 0 unspecified atom stereocenters. The van der Waals surface area contributed by atoms with Crippen LogP contribution in [0.1, 0.15) is 16.2 Å². The van der Waals surface area contributed by atoms with Crippen LogP contribution >= 0.6 is 11.6 Å². The maximum Gasteiger partial charge on any atom is 0.276 e. The maximum atomic E-state index is 12.1. The van der Waals surface area contributed by atoms with Gasteiger partial charge in [-0.2, -0.15) is 0 Å². The number of rotatable bonds is 3. The van der Waals surface area contributed by atoms with Gasteiger partial charge in [0, 0.05) is 31.0 Å². The fourth-order valence-electron chi connectivity index (χ4n) is 2.16. The zero-order chi connectivity index (χ0) is 15.7. The van der Waals surface area contributed by atoms with Crippen molar-refractivity contribution >= 4 is 29.1 Å². The molecule has 1 saturated heterocycles. The Morgan fingerprint density at radius 2 is 2.18 bits per heavy atom. The molecule has 0 spiro atoms. The minimum atomic E-state index is -0.246. The smallest absolute Gasteiger partial charge is 0.276 e. The van der Waals surface area contributed by atoms with Gasteiger partial charge in [-0.25, -0.2) is 4.98 Å². The van der Waals surface area contributed by atoms with E-state index in [0.717, 1.165) is 0 Å². The van der Waals surface area contributed by atoms with E-state index in [1.54, 1.807) is 30.0 Å². The van der Waals surface area contributed by atoms with Crippen molar-refractivity contribution < 1.29 is 14.1 Å². The number of anilines is 1. The highest BCUT2D eigenvalue weighted by atomic mass is 35.5. The van der Waals surface area contributed by atoms with Gasteiger partial charge in [-0.15, -0.1) is 0 Å². The summed E-state index contributed by atoms with van der Waals surface area (Å²) in [4.78, 5) is 29.5. The van der Waals surface area contributed by atoms with Crippen molar-refractivity contribution in [2.75, 3.05) is 18.4 Å². The van der Waals surface area contributed by atoms with E-state index >= 15 is 0 Å². The monoisotopic (exact) mass is 320 g/mol. The predicted molar refractivity (Wildman–Crippen MR) is 78.5 cm³/mol. The van der Waals surface area contributed by atoms with Gasteiger partial charge in [0.15, 0.2) is 5.69 Å². The number of aryl methyl sites for hydroxylation is 1. The molecule has 3 heterocycles. The van der Waals surface area contributed by atoms with Crippen LogP contribution in [0.15, 0.2) is 28.9 Å². The summed E-state index contributed by atoms with van der Waals surface area (Å²) in [6.45, 7) is 2.43. The van der Waals surface area contributed by atoms with Gasteiger partial charge in [0.2, 0.25) is 5.91 Å². The molecule has 1 fully saturated rings. The lowest BCUT2D eigenvalue weighted by Crippen LogP contribution is -2.54. The molecule has 7 nitrogen and oxygen atoms in total. The molecule has 0 aromatic carbocycles. The second-order valence-corrected chi connectivity index (χ2v) is 5.47. The quantitative estimate of drug-likeness (QED) is 0.870. The van der Waals surface area contributed by atoms with Crippen LogP contribution in [0.2, 0.25) is 5.15 Å². The topological polar surface area (TPSA) is 88.3 Å². The highest BCUT2D eigenvalue weighted by Gasteiger charge is 2.37. The van der Waals surface area contributed by atoms with Crippen LogP contribution in [-0.2, 0) is 4.79 Å². The third-order valence-corrected chi connectivity index (χ3v) is 3.59. The molecule has 8 heteroatoms. The van der Waals surface area contributed by atoms with Crippen LogP contribution in [0, 0.1) is 12.8 Å². The highest BCUT2D eigenvalue weighted by Crippen LogP contribution is 2.21. The fraction of sp³-hybridized carbons (Fsp3) is 0.286. The maximum absolute atomic E-state index is 12.1. The van der Waals surface area contributed by atoms with E-state index in [1.165, 1.54) is 6.20 Å². The summed E-state index contributed by atoms with van der Waals surface area (Å²) in [5, 5.41) is 6.74. The van der Waals surface area contributed by atoms with Gasteiger partial charge in [0.1, 0.15) is 10.9 Å². The Labute approximate surface area is 131 Å². The molecule has 1 aliphatic rings. The Bertz CT molecular complexity index is 724. The van der Waals surface area contributed by atoms with Crippen molar-refractivity contribution in [2.24, 2.45) is 5.92 Å². The average molecular weight is 321 g/mol. The van der Waals surface area contributed by atoms with Crippen LogP contribution in [-0.4, -0.2) is 39.9 Å². The van der Waals surface area contributed by atoms with Crippen LogP contribution in [0.25, 0.3) is 0 Å². The van der Waals surface area contributed by atoms with Crippen LogP contribution in [0.3, 0.4) is 0 Å². The lowest BCUT2D eigenvalue weighted by Gasteiger charge is -2.37. The van der Waals surface area contributed by atoms with Crippen molar-refractivity contribution in [3.05, 3.63) is 41.0 Å². The Hall–Kier alpha value is -2.41. The normalized spacial score (nSPS) is 14.5. The Balaban J connectivity index is 1.54. The highest BCUT2D eigenvalue weighted by molar-refractivity contribution is 6.29. The molecule has 114 valence electrons. The van der Waals surface area contributed by atoms with Gasteiger partial charge in [-0.1, -0.05) is 16.8 Å². The average Bonchev–Trinajstić information content (AvgIpc) is 2.83. The van der Waals surface area contributed by atoms with Gasteiger partial charge >= 0.3 is 0 Å². The zero-order valence-corrected chi connectivity index (χ0v) is 12.5. The molecule has 2 aromatic heterocycles. The van der Waals surface area contributed by atoms with Gasteiger partial charge in [-0.05, 0) is 19.1 Å². The number of likely N-dealkylation sites (tertiary alicyclic amines) is 1. The first-order valence-electron chi connectivity index (χ1n) is 6.68. The molecule has 22 heavy (non-hydrogen) atoms. The minimum Gasteiger partial charge on any atom is -0.361 e. The van der Waals surface area contributed by atoms with E-state index in [9.17, 15) is 9.59 Å². The summed E-state index contributed by atoms with van der Waals surface area (Å²) in [6.07, 6.45) is 1.52. The molecular weight excluding hydrogens is 308 g/mol. The predicted octanol–water partition coefficient (Wildman–Crippen LogP) is 1.74. The second-order valence-electron chi connectivity index (χ2n) is 5.09. The number of aromatic nitrogens is 2. The first kappa shape index (κ1) is 14.5. The molecule has 2 aromatic rings. The molecule has 0 aliphatic carbocycles. The third kappa shape index (κ3) is 2.94. The first-order valence-corrected chi connectivity index (χ1v) is 7.06. The SMILES string of the molecule is Cc1cc(C(=O)N2CC(C(=O)Nc3ccnc(Cl)c3)C2)no1. The van der Waals surface area contributed by atoms with Gasteiger partial charge in [0.25, 0.3) is 5.91 Å². The first-order chi connectivity index (χ1) is 10.5. The number of nitrogens with zero attached hydrogens (tertiary/aromatic N) is 3. The number of nitrogens with one attached hydrogen (secondary N) is 1. The number of pyridine rings is 1. The van der Waals surface area contributed by atoms with E-state index < -0.39 is 0 Å². The number of carbonyl (C=O) groups is 2. The second kappa shape index (κ2) is 5.76. The van der Waals surface area contributed by atoms with Crippen LogP contribution in [0.5, 0.6) is 0 Å². The number of hydrogen-bond acceptors (Lipinski definition) is 5. The molecule has 0 bridgehead atoms. The van der Waals surface area contributed by atoms with Crippen LogP contribution < -0.4 is 5.32 Å². The summed E-state index contributed by atoms with van der Waals surface area (Å²) in [7, 11) is 0. The summed E-state index contributed by atoms with van der Waals surface area (Å²) < 4.78 is 4.87. The molecule has 0 saturated carbocycles. The number of carbonyl (C=O) groups excluding carboxylic acids is 2. The molecule has 2 amide bonds. The number of hydrogen-bond donors (Lipinski definition) is 1. The third-order valence-electron chi connectivity index (χ3n) is 3.38. The van der Waals surface area contributed by atoms with Crippen LogP contribution in [0.4, 0.5) is 5.69 Å². The summed E-state index contributed by atoms with van der Waals surface area (Å²) in [5.74, 6) is -0.0490.